The Morgan fingerprint density at radius 1 is 0.923 bits per heavy atom. The Morgan fingerprint density at radius 3 is 2.69 bits per heavy atom. The first kappa shape index (κ1) is 14.9. The largest absolute Gasteiger partial charge is 0.464 e. The predicted molar refractivity (Wildman–Crippen MR) is 99.4 cm³/mol. The second-order valence-corrected chi connectivity index (χ2v) is 6.56. The molecule has 124 valence electrons. The number of furan rings is 1. The average molecular weight is 357 g/mol. The SMILES string of the molecule is c1cnc(-c2nc(-c3cnc(-c4cccnc4)s3)cc3occc23)nc1. The van der Waals surface area contributed by atoms with E-state index >= 15 is 0 Å². The first-order valence-corrected chi connectivity index (χ1v) is 8.72. The van der Waals surface area contributed by atoms with Gasteiger partial charge in [-0.2, -0.15) is 0 Å². The molecule has 0 radical (unpaired) electrons. The van der Waals surface area contributed by atoms with Crippen LogP contribution in [0.25, 0.3) is 43.6 Å². The van der Waals surface area contributed by atoms with Gasteiger partial charge in [-0.05, 0) is 24.3 Å². The summed E-state index contributed by atoms with van der Waals surface area (Å²) in [5.41, 5.74) is 3.20. The second kappa shape index (κ2) is 6.12. The number of pyridine rings is 2. The fourth-order valence-corrected chi connectivity index (χ4v) is 3.57. The van der Waals surface area contributed by atoms with Crippen LogP contribution in [0.2, 0.25) is 0 Å². The molecular formula is C19H11N5OS. The lowest BCUT2D eigenvalue weighted by Gasteiger charge is -2.03. The molecule has 0 bridgehead atoms. The van der Waals surface area contributed by atoms with E-state index in [1.54, 1.807) is 48.5 Å². The molecule has 0 aliphatic heterocycles. The molecule has 5 heterocycles. The Bertz CT molecular complexity index is 1180. The van der Waals surface area contributed by atoms with Crippen LogP contribution in [0, 0.1) is 0 Å². The fourth-order valence-electron chi connectivity index (χ4n) is 2.70. The van der Waals surface area contributed by atoms with Crippen LogP contribution in [0.5, 0.6) is 0 Å². The van der Waals surface area contributed by atoms with Crippen molar-refractivity contribution in [3.05, 3.63) is 67.6 Å². The number of hydrogen-bond acceptors (Lipinski definition) is 7. The highest BCUT2D eigenvalue weighted by Crippen LogP contribution is 2.34. The standard InChI is InChI=1S/C19H11N5OS/c1-3-12(10-20-5-1)19-23-11-16(26-19)14-9-15-13(4-8-25-15)17(24-14)18-21-6-2-7-22-18/h1-11H. The van der Waals surface area contributed by atoms with Crippen LogP contribution in [0.4, 0.5) is 0 Å². The van der Waals surface area contributed by atoms with Crippen LogP contribution in [0.3, 0.4) is 0 Å². The Morgan fingerprint density at radius 2 is 1.85 bits per heavy atom. The Hall–Kier alpha value is -3.45. The second-order valence-electron chi connectivity index (χ2n) is 5.53. The van der Waals surface area contributed by atoms with Crippen LogP contribution < -0.4 is 0 Å². The highest BCUT2D eigenvalue weighted by Gasteiger charge is 2.15. The fraction of sp³-hybridized carbons (Fsp3) is 0. The lowest BCUT2D eigenvalue weighted by Crippen LogP contribution is -1.92. The highest BCUT2D eigenvalue weighted by atomic mass is 32.1. The smallest absolute Gasteiger partial charge is 0.178 e. The molecule has 0 atom stereocenters. The summed E-state index contributed by atoms with van der Waals surface area (Å²) in [7, 11) is 0. The van der Waals surface area contributed by atoms with Crippen molar-refractivity contribution < 1.29 is 4.42 Å². The third-order valence-corrected chi connectivity index (χ3v) is 4.96. The van der Waals surface area contributed by atoms with E-state index in [1.807, 2.05) is 30.5 Å². The molecule has 0 spiro atoms. The van der Waals surface area contributed by atoms with E-state index in [0.717, 1.165) is 32.1 Å². The van der Waals surface area contributed by atoms with Gasteiger partial charge in [-0.25, -0.2) is 19.9 Å². The predicted octanol–water partition coefficient (Wildman–Crippen LogP) is 4.47. The van der Waals surface area contributed by atoms with Gasteiger partial charge in [0.2, 0.25) is 0 Å². The normalized spacial score (nSPS) is 11.1. The summed E-state index contributed by atoms with van der Waals surface area (Å²) in [4.78, 5) is 23.1. The molecule has 5 rings (SSSR count). The monoisotopic (exact) mass is 357 g/mol. The van der Waals surface area contributed by atoms with E-state index in [-0.39, 0.29) is 0 Å². The zero-order valence-electron chi connectivity index (χ0n) is 13.4. The lowest BCUT2D eigenvalue weighted by atomic mass is 10.2. The molecule has 0 amide bonds. The van der Waals surface area contributed by atoms with Crippen molar-refractivity contribution in [1.82, 2.24) is 24.9 Å². The molecule has 0 N–H and O–H groups in total. The van der Waals surface area contributed by atoms with Gasteiger partial charge in [0.05, 0.1) is 16.8 Å². The number of fused-ring (bicyclic) bond motifs is 1. The van der Waals surface area contributed by atoms with Crippen LogP contribution in [-0.4, -0.2) is 24.9 Å². The zero-order chi connectivity index (χ0) is 17.3. The molecule has 0 saturated carbocycles. The minimum Gasteiger partial charge on any atom is -0.464 e. The van der Waals surface area contributed by atoms with Gasteiger partial charge in [0.1, 0.15) is 16.3 Å². The van der Waals surface area contributed by atoms with Crippen molar-refractivity contribution >= 4 is 22.3 Å². The van der Waals surface area contributed by atoms with Crippen molar-refractivity contribution in [2.24, 2.45) is 0 Å². The average Bonchev–Trinajstić information content (AvgIpc) is 3.38. The van der Waals surface area contributed by atoms with Crippen LogP contribution in [0.15, 0.2) is 72.0 Å². The first-order valence-electron chi connectivity index (χ1n) is 7.91. The summed E-state index contributed by atoms with van der Waals surface area (Å²) in [6.07, 6.45) is 10.4. The number of aromatic nitrogens is 5. The molecule has 5 aromatic heterocycles. The van der Waals surface area contributed by atoms with E-state index in [4.69, 9.17) is 9.40 Å². The van der Waals surface area contributed by atoms with Gasteiger partial charge >= 0.3 is 0 Å². The third kappa shape index (κ3) is 2.55. The molecular weight excluding hydrogens is 346 g/mol. The molecule has 5 aromatic rings. The van der Waals surface area contributed by atoms with Crippen molar-refractivity contribution in [3.63, 3.8) is 0 Å². The van der Waals surface area contributed by atoms with Gasteiger partial charge < -0.3 is 4.42 Å². The Kier molecular flexibility index (Phi) is 3.50. The van der Waals surface area contributed by atoms with Gasteiger partial charge in [0.15, 0.2) is 5.82 Å². The summed E-state index contributed by atoms with van der Waals surface area (Å²) in [5, 5.41) is 1.78. The van der Waals surface area contributed by atoms with E-state index in [9.17, 15) is 0 Å². The molecule has 0 fully saturated rings. The number of hydrogen-bond donors (Lipinski definition) is 0. The minimum atomic E-state index is 0.567. The lowest BCUT2D eigenvalue weighted by molar-refractivity contribution is 0.616. The maximum Gasteiger partial charge on any atom is 0.178 e. The highest BCUT2D eigenvalue weighted by molar-refractivity contribution is 7.18. The summed E-state index contributed by atoms with van der Waals surface area (Å²) in [5.74, 6) is 0.567. The molecule has 7 heteroatoms. The topological polar surface area (TPSA) is 77.6 Å². The molecule has 6 nitrogen and oxygen atoms in total. The van der Waals surface area contributed by atoms with Crippen molar-refractivity contribution in [3.8, 4) is 32.7 Å². The quantitative estimate of drug-likeness (QED) is 0.474. The van der Waals surface area contributed by atoms with E-state index in [1.165, 1.54) is 0 Å². The molecule has 0 saturated heterocycles. The Balaban J connectivity index is 1.65. The molecule has 26 heavy (non-hydrogen) atoms. The van der Waals surface area contributed by atoms with Crippen LogP contribution in [0.1, 0.15) is 0 Å². The third-order valence-electron chi connectivity index (χ3n) is 3.89. The van der Waals surface area contributed by atoms with Crippen molar-refractivity contribution in [2.75, 3.05) is 0 Å². The summed E-state index contributed by atoms with van der Waals surface area (Å²) < 4.78 is 5.61. The summed E-state index contributed by atoms with van der Waals surface area (Å²) in [6, 6.07) is 9.47. The van der Waals surface area contributed by atoms with Gasteiger partial charge in [0, 0.05) is 48.0 Å². The van der Waals surface area contributed by atoms with E-state index < -0.39 is 0 Å². The van der Waals surface area contributed by atoms with E-state index in [0.29, 0.717) is 11.5 Å². The van der Waals surface area contributed by atoms with Gasteiger partial charge in [-0.15, -0.1) is 11.3 Å². The first-order chi connectivity index (χ1) is 12.9. The van der Waals surface area contributed by atoms with Crippen molar-refractivity contribution in [1.29, 1.82) is 0 Å². The van der Waals surface area contributed by atoms with Crippen molar-refractivity contribution in [2.45, 2.75) is 0 Å². The van der Waals surface area contributed by atoms with E-state index in [2.05, 4.69) is 19.9 Å². The number of nitrogens with zero attached hydrogens (tertiary/aromatic N) is 5. The molecule has 0 unspecified atom stereocenters. The number of thiazole rings is 1. The van der Waals surface area contributed by atoms with Crippen LogP contribution >= 0.6 is 11.3 Å². The minimum absolute atomic E-state index is 0.567. The summed E-state index contributed by atoms with van der Waals surface area (Å²) in [6.45, 7) is 0. The molecule has 0 aliphatic rings. The molecule has 0 aliphatic carbocycles. The Labute approximate surface area is 152 Å². The zero-order valence-corrected chi connectivity index (χ0v) is 14.2. The van der Waals surface area contributed by atoms with Gasteiger partial charge in [-0.3, -0.25) is 4.98 Å². The van der Waals surface area contributed by atoms with Gasteiger partial charge in [0.25, 0.3) is 0 Å². The van der Waals surface area contributed by atoms with Crippen LogP contribution in [-0.2, 0) is 0 Å². The maximum atomic E-state index is 5.61. The van der Waals surface area contributed by atoms with Gasteiger partial charge in [-0.1, -0.05) is 0 Å². The maximum absolute atomic E-state index is 5.61. The number of rotatable bonds is 3. The molecule has 0 aromatic carbocycles. The summed E-state index contributed by atoms with van der Waals surface area (Å²) >= 11 is 1.56.